The van der Waals surface area contributed by atoms with Crippen molar-refractivity contribution in [2.75, 3.05) is 39.6 Å². The second-order valence-electron chi connectivity index (χ2n) is 6.06. The Morgan fingerprint density at radius 3 is 2.76 bits per heavy atom. The van der Waals surface area contributed by atoms with E-state index in [2.05, 4.69) is 5.32 Å². The van der Waals surface area contributed by atoms with Gasteiger partial charge in [-0.25, -0.2) is 18.4 Å². The van der Waals surface area contributed by atoms with Crippen LogP contribution in [0.25, 0.3) is 0 Å². The van der Waals surface area contributed by atoms with Gasteiger partial charge in [0, 0.05) is 19.6 Å². The van der Waals surface area contributed by atoms with Crippen LogP contribution in [0.15, 0.2) is 18.2 Å². The van der Waals surface area contributed by atoms with Crippen molar-refractivity contribution in [1.82, 2.24) is 10.2 Å². The van der Waals surface area contributed by atoms with Gasteiger partial charge in [0.1, 0.15) is 0 Å². The maximum atomic E-state index is 12.2. The van der Waals surface area contributed by atoms with E-state index in [4.69, 9.17) is 14.6 Å². The van der Waals surface area contributed by atoms with Crippen LogP contribution in [0.1, 0.15) is 12.0 Å². The van der Waals surface area contributed by atoms with Crippen LogP contribution in [0, 0.1) is 5.92 Å². The smallest absolute Gasteiger partial charge is 0.317 e. The molecule has 8 nitrogen and oxygen atoms in total. The zero-order valence-electron chi connectivity index (χ0n) is 14.5. The van der Waals surface area contributed by atoms with Gasteiger partial charge in [-0.1, -0.05) is 12.1 Å². The Labute approximate surface area is 148 Å². The number of primary sulfonamides is 1. The molecule has 9 heteroatoms. The number of rotatable bonds is 7. The SMILES string of the molecule is COc1cccc(CCNC(=O)N2CC[C@@H](CS(N)(=O)=O)C2)c1OC. The highest BCUT2D eigenvalue weighted by atomic mass is 32.2. The van der Waals surface area contributed by atoms with Crippen LogP contribution in [0.3, 0.4) is 0 Å². The second-order valence-corrected chi connectivity index (χ2v) is 7.72. The summed E-state index contributed by atoms with van der Waals surface area (Å²) in [5.41, 5.74) is 0.940. The monoisotopic (exact) mass is 371 g/mol. The molecule has 140 valence electrons. The van der Waals surface area contributed by atoms with E-state index in [1.165, 1.54) is 0 Å². The molecule has 0 radical (unpaired) electrons. The lowest BCUT2D eigenvalue weighted by Gasteiger charge is -2.18. The molecular weight excluding hydrogens is 346 g/mol. The number of likely N-dealkylation sites (tertiary alicyclic amines) is 1. The predicted molar refractivity (Wildman–Crippen MR) is 94.3 cm³/mol. The standard InChI is InChI=1S/C16H25N3O5S/c1-23-14-5-3-4-13(15(14)24-2)6-8-18-16(20)19-9-7-12(10-19)11-25(17,21)22/h3-5,12H,6-11H2,1-2H3,(H,18,20)(H2,17,21,22)/t12-/m1/s1. The second kappa shape index (κ2) is 8.39. The van der Waals surface area contributed by atoms with Crippen molar-refractivity contribution in [3.63, 3.8) is 0 Å². The fraction of sp³-hybridized carbons (Fsp3) is 0.562. The summed E-state index contributed by atoms with van der Waals surface area (Å²) < 4.78 is 32.9. The summed E-state index contributed by atoms with van der Waals surface area (Å²) >= 11 is 0. The van der Waals surface area contributed by atoms with Gasteiger partial charge in [-0.3, -0.25) is 0 Å². The number of methoxy groups -OCH3 is 2. The number of carbonyl (C=O) groups excluding carboxylic acids is 1. The van der Waals surface area contributed by atoms with Gasteiger partial charge in [-0.15, -0.1) is 0 Å². The van der Waals surface area contributed by atoms with Gasteiger partial charge < -0.3 is 19.7 Å². The minimum absolute atomic E-state index is 0.0855. The van der Waals surface area contributed by atoms with Gasteiger partial charge in [-0.2, -0.15) is 0 Å². The molecule has 0 unspecified atom stereocenters. The van der Waals surface area contributed by atoms with Crippen LogP contribution < -0.4 is 19.9 Å². The van der Waals surface area contributed by atoms with Crippen LogP contribution in [0.2, 0.25) is 0 Å². The fourth-order valence-electron chi connectivity index (χ4n) is 3.05. The third-order valence-corrected chi connectivity index (χ3v) is 5.13. The number of hydrogen-bond acceptors (Lipinski definition) is 5. The molecule has 1 aliphatic heterocycles. The molecule has 2 amide bonds. The molecule has 1 fully saturated rings. The minimum Gasteiger partial charge on any atom is -0.493 e. The Morgan fingerprint density at radius 2 is 2.12 bits per heavy atom. The van der Waals surface area contributed by atoms with Gasteiger partial charge in [0.25, 0.3) is 0 Å². The topological polar surface area (TPSA) is 111 Å². The molecule has 0 aliphatic carbocycles. The molecule has 0 bridgehead atoms. The van der Waals surface area contributed by atoms with E-state index in [9.17, 15) is 13.2 Å². The normalized spacial score (nSPS) is 17.4. The molecular formula is C16H25N3O5S. The number of nitrogens with zero attached hydrogens (tertiary/aromatic N) is 1. The highest BCUT2D eigenvalue weighted by Gasteiger charge is 2.28. The molecule has 0 spiro atoms. The number of urea groups is 1. The number of ether oxygens (including phenoxy) is 2. The van der Waals surface area contributed by atoms with Crippen molar-refractivity contribution in [1.29, 1.82) is 0 Å². The fourth-order valence-corrected chi connectivity index (χ4v) is 3.98. The highest BCUT2D eigenvalue weighted by molar-refractivity contribution is 7.89. The van der Waals surface area contributed by atoms with Crippen molar-refractivity contribution >= 4 is 16.1 Å². The van der Waals surface area contributed by atoms with Crippen LogP contribution >= 0.6 is 0 Å². The predicted octanol–water partition coefficient (Wildman–Crippen LogP) is 0.566. The van der Waals surface area contributed by atoms with E-state index < -0.39 is 10.0 Å². The molecule has 3 N–H and O–H groups in total. The van der Waals surface area contributed by atoms with Crippen LogP contribution in [-0.4, -0.2) is 59.0 Å². The average molecular weight is 371 g/mol. The summed E-state index contributed by atoms with van der Waals surface area (Å²) in [5, 5.41) is 7.92. The lowest BCUT2D eigenvalue weighted by atomic mass is 10.1. The third-order valence-electron chi connectivity index (χ3n) is 4.20. The molecule has 1 aromatic carbocycles. The number of benzene rings is 1. The van der Waals surface area contributed by atoms with Gasteiger partial charge in [0.2, 0.25) is 10.0 Å². The van der Waals surface area contributed by atoms with Crippen molar-refractivity contribution < 1.29 is 22.7 Å². The summed E-state index contributed by atoms with van der Waals surface area (Å²) in [5.74, 6) is 1.13. The van der Waals surface area contributed by atoms with E-state index in [0.29, 0.717) is 44.0 Å². The first-order valence-corrected chi connectivity index (χ1v) is 9.78. The quantitative estimate of drug-likeness (QED) is 0.728. The minimum atomic E-state index is -3.51. The summed E-state index contributed by atoms with van der Waals surface area (Å²) in [6, 6.07) is 5.41. The van der Waals surface area contributed by atoms with Crippen molar-refractivity contribution in [2.24, 2.45) is 11.1 Å². The highest BCUT2D eigenvalue weighted by Crippen LogP contribution is 2.30. The van der Waals surface area contributed by atoms with E-state index in [1.54, 1.807) is 19.1 Å². The third kappa shape index (κ3) is 5.50. The van der Waals surface area contributed by atoms with E-state index >= 15 is 0 Å². The zero-order chi connectivity index (χ0) is 18.4. The van der Waals surface area contributed by atoms with Crippen LogP contribution in [-0.2, 0) is 16.4 Å². The molecule has 1 atom stereocenters. The van der Waals surface area contributed by atoms with Crippen LogP contribution in [0.4, 0.5) is 4.79 Å². The number of carbonyl (C=O) groups is 1. The maximum Gasteiger partial charge on any atom is 0.317 e. The van der Waals surface area contributed by atoms with Gasteiger partial charge >= 0.3 is 6.03 Å². The molecule has 2 rings (SSSR count). The number of para-hydroxylation sites is 1. The Balaban J connectivity index is 1.84. The average Bonchev–Trinajstić information content (AvgIpc) is 3.00. The Bertz CT molecular complexity index is 708. The maximum absolute atomic E-state index is 12.2. The largest absolute Gasteiger partial charge is 0.493 e. The van der Waals surface area contributed by atoms with Crippen molar-refractivity contribution in [2.45, 2.75) is 12.8 Å². The Morgan fingerprint density at radius 1 is 1.36 bits per heavy atom. The molecule has 25 heavy (non-hydrogen) atoms. The number of sulfonamides is 1. The van der Waals surface area contributed by atoms with Crippen molar-refractivity contribution in [3.8, 4) is 11.5 Å². The summed E-state index contributed by atoms with van der Waals surface area (Å²) in [7, 11) is -0.351. The van der Waals surface area contributed by atoms with E-state index in [-0.39, 0.29) is 17.7 Å². The lowest BCUT2D eigenvalue weighted by Crippen LogP contribution is -2.39. The first kappa shape index (κ1) is 19.3. The molecule has 0 saturated carbocycles. The number of hydrogen-bond donors (Lipinski definition) is 2. The first-order valence-electron chi connectivity index (χ1n) is 8.07. The summed E-state index contributed by atoms with van der Waals surface area (Å²) in [4.78, 5) is 13.8. The van der Waals surface area contributed by atoms with Gasteiger partial charge in [0.15, 0.2) is 11.5 Å². The molecule has 1 saturated heterocycles. The summed E-state index contributed by atoms with van der Waals surface area (Å²) in [6.45, 7) is 1.39. The van der Waals surface area contributed by atoms with Gasteiger partial charge in [0.05, 0.1) is 20.0 Å². The van der Waals surface area contributed by atoms with Gasteiger partial charge in [-0.05, 0) is 30.4 Å². The molecule has 1 aromatic rings. The molecule has 0 aromatic heterocycles. The first-order chi connectivity index (χ1) is 11.8. The van der Waals surface area contributed by atoms with Crippen LogP contribution in [0.5, 0.6) is 11.5 Å². The van der Waals surface area contributed by atoms with E-state index in [0.717, 1.165) is 5.56 Å². The van der Waals surface area contributed by atoms with Crippen molar-refractivity contribution in [3.05, 3.63) is 23.8 Å². The number of amides is 2. The zero-order valence-corrected chi connectivity index (χ0v) is 15.3. The van der Waals surface area contributed by atoms with E-state index in [1.807, 2.05) is 18.2 Å². The Hall–Kier alpha value is -2.00. The Kier molecular flexibility index (Phi) is 6.49. The number of nitrogens with two attached hydrogens (primary N) is 1. The molecule has 1 aliphatic rings. The lowest BCUT2D eigenvalue weighted by molar-refractivity contribution is 0.207. The molecule has 1 heterocycles. The number of nitrogens with one attached hydrogen (secondary N) is 1. The summed E-state index contributed by atoms with van der Waals surface area (Å²) in [6.07, 6.45) is 1.24.